The minimum absolute atomic E-state index is 0.451. The number of aliphatic carboxylic acids is 1. The SMILES string of the molecule is CC1(C(=O)O)CC(C2CC2)=NO1. The van der Waals surface area contributed by atoms with Crippen LogP contribution in [-0.4, -0.2) is 22.4 Å². The first-order valence-electron chi connectivity index (χ1n) is 4.10. The molecule has 1 N–H and O–H groups in total. The van der Waals surface area contributed by atoms with Crippen molar-refractivity contribution in [2.45, 2.75) is 31.8 Å². The summed E-state index contributed by atoms with van der Waals surface area (Å²) in [4.78, 5) is 15.6. The van der Waals surface area contributed by atoms with Gasteiger partial charge in [-0.05, 0) is 19.8 Å². The number of rotatable bonds is 2. The van der Waals surface area contributed by atoms with Crippen LogP contribution in [0.15, 0.2) is 5.16 Å². The smallest absolute Gasteiger partial charge is 0.351 e. The molecule has 0 aromatic rings. The fourth-order valence-electron chi connectivity index (χ4n) is 1.32. The molecule has 1 atom stereocenters. The predicted molar refractivity (Wildman–Crippen MR) is 41.9 cm³/mol. The molecular formula is C8H11NO3. The second-order valence-corrected chi connectivity index (χ2v) is 3.66. The lowest BCUT2D eigenvalue weighted by Gasteiger charge is -2.14. The average molecular weight is 169 g/mol. The van der Waals surface area contributed by atoms with Gasteiger partial charge in [-0.15, -0.1) is 0 Å². The maximum absolute atomic E-state index is 10.7. The van der Waals surface area contributed by atoms with E-state index >= 15 is 0 Å². The van der Waals surface area contributed by atoms with Crippen molar-refractivity contribution >= 4 is 11.7 Å². The van der Waals surface area contributed by atoms with Gasteiger partial charge in [0.25, 0.3) is 0 Å². The van der Waals surface area contributed by atoms with Crippen LogP contribution in [0.25, 0.3) is 0 Å². The largest absolute Gasteiger partial charge is 0.478 e. The first-order valence-corrected chi connectivity index (χ1v) is 4.10. The Morgan fingerprint density at radius 1 is 1.75 bits per heavy atom. The molecule has 0 spiro atoms. The second kappa shape index (κ2) is 2.21. The molecule has 4 nitrogen and oxygen atoms in total. The maximum atomic E-state index is 10.7. The number of hydrogen-bond donors (Lipinski definition) is 1. The summed E-state index contributed by atoms with van der Waals surface area (Å²) >= 11 is 0. The van der Waals surface area contributed by atoms with E-state index in [0.717, 1.165) is 18.6 Å². The summed E-state index contributed by atoms with van der Waals surface area (Å²) in [6, 6.07) is 0. The molecule has 2 aliphatic rings. The van der Waals surface area contributed by atoms with Crippen LogP contribution < -0.4 is 0 Å². The van der Waals surface area contributed by atoms with Gasteiger partial charge in [0.2, 0.25) is 5.60 Å². The van der Waals surface area contributed by atoms with Crippen LogP contribution in [0.3, 0.4) is 0 Å². The van der Waals surface area contributed by atoms with Crippen molar-refractivity contribution in [1.29, 1.82) is 0 Å². The highest BCUT2D eigenvalue weighted by Crippen LogP contribution is 2.37. The molecule has 1 saturated carbocycles. The van der Waals surface area contributed by atoms with Gasteiger partial charge in [-0.3, -0.25) is 0 Å². The number of nitrogens with zero attached hydrogens (tertiary/aromatic N) is 1. The molecule has 0 bridgehead atoms. The fraction of sp³-hybridized carbons (Fsp3) is 0.750. The van der Waals surface area contributed by atoms with E-state index in [9.17, 15) is 4.79 Å². The highest BCUT2D eigenvalue weighted by Gasteiger charge is 2.45. The zero-order valence-electron chi connectivity index (χ0n) is 6.91. The quantitative estimate of drug-likeness (QED) is 0.671. The number of carboxylic acids is 1. The lowest BCUT2D eigenvalue weighted by molar-refractivity contribution is -0.160. The molecule has 1 fully saturated rings. The zero-order chi connectivity index (χ0) is 8.77. The molecule has 0 radical (unpaired) electrons. The summed E-state index contributed by atoms with van der Waals surface area (Å²) in [6.07, 6.45) is 2.72. The normalized spacial score (nSPS) is 34.2. The van der Waals surface area contributed by atoms with Crippen LogP contribution in [0.1, 0.15) is 26.2 Å². The Kier molecular flexibility index (Phi) is 1.40. The molecule has 12 heavy (non-hydrogen) atoms. The standard InChI is InChI=1S/C8H11NO3/c1-8(7(10)11)4-6(9-12-8)5-2-3-5/h5H,2-4H2,1H3,(H,10,11). The first-order chi connectivity index (χ1) is 5.62. The van der Waals surface area contributed by atoms with E-state index in [2.05, 4.69) is 5.16 Å². The summed E-state index contributed by atoms with van der Waals surface area (Å²) in [5, 5.41) is 12.6. The molecule has 66 valence electrons. The van der Waals surface area contributed by atoms with Gasteiger partial charge in [-0.25, -0.2) is 4.79 Å². The Morgan fingerprint density at radius 2 is 2.42 bits per heavy atom. The van der Waals surface area contributed by atoms with Gasteiger partial charge in [0, 0.05) is 12.3 Å². The molecule has 2 rings (SSSR count). The van der Waals surface area contributed by atoms with E-state index < -0.39 is 11.6 Å². The molecule has 0 amide bonds. The van der Waals surface area contributed by atoms with Crippen LogP contribution in [0.4, 0.5) is 0 Å². The molecule has 0 aromatic heterocycles. The molecular weight excluding hydrogens is 158 g/mol. The van der Waals surface area contributed by atoms with E-state index in [-0.39, 0.29) is 0 Å². The monoisotopic (exact) mass is 169 g/mol. The van der Waals surface area contributed by atoms with E-state index in [1.54, 1.807) is 6.92 Å². The molecule has 1 aliphatic carbocycles. The Hall–Kier alpha value is -1.06. The minimum atomic E-state index is -1.10. The van der Waals surface area contributed by atoms with Gasteiger partial charge in [0.15, 0.2) is 0 Å². The maximum Gasteiger partial charge on any atom is 0.351 e. The lowest BCUT2D eigenvalue weighted by Crippen LogP contribution is -2.35. The van der Waals surface area contributed by atoms with Crippen LogP contribution in [0.5, 0.6) is 0 Å². The first kappa shape index (κ1) is 7.58. The third-order valence-corrected chi connectivity index (χ3v) is 2.38. The van der Waals surface area contributed by atoms with Crippen molar-refractivity contribution in [1.82, 2.24) is 0 Å². The number of carboxylic acid groups (broad SMARTS) is 1. The summed E-state index contributed by atoms with van der Waals surface area (Å²) in [5.41, 5.74) is -0.169. The Labute approximate surface area is 70.2 Å². The Morgan fingerprint density at radius 3 is 2.83 bits per heavy atom. The molecule has 1 heterocycles. The molecule has 0 saturated heterocycles. The number of oxime groups is 1. The Balaban J connectivity index is 2.05. The van der Waals surface area contributed by atoms with Gasteiger partial charge in [0.1, 0.15) is 0 Å². The summed E-state index contributed by atoms with van der Waals surface area (Å²) < 4.78 is 0. The van der Waals surface area contributed by atoms with Crippen LogP contribution in [-0.2, 0) is 9.63 Å². The molecule has 1 aliphatic heterocycles. The fourth-order valence-corrected chi connectivity index (χ4v) is 1.32. The summed E-state index contributed by atoms with van der Waals surface area (Å²) in [5.74, 6) is -0.423. The lowest BCUT2D eigenvalue weighted by atomic mass is 9.98. The van der Waals surface area contributed by atoms with Gasteiger partial charge >= 0.3 is 5.97 Å². The minimum Gasteiger partial charge on any atom is -0.478 e. The van der Waals surface area contributed by atoms with Crippen molar-refractivity contribution in [3.63, 3.8) is 0 Å². The molecule has 4 heteroatoms. The zero-order valence-corrected chi connectivity index (χ0v) is 6.91. The van der Waals surface area contributed by atoms with Gasteiger partial charge in [-0.1, -0.05) is 5.16 Å². The van der Waals surface area contributed by atoms with Crippen LogP contribution in [0, 0.1) is 5.92 Å². The van der Waals surface area contributed by atoms with Crippen LogP contribution >= 0.6 is 0 Å². The summed E-state index contributed by atoms with van der Waals surface area (Å²) in [7, 11) is 0. The highest BCUT2D eigenvalue weighted by molar-refractivity contribution is 5.95. The highest BCUT2D eigenvalue weighted by atomic mass is 16.7. The van der Waals surface area contributed by atoms with Crippen molar-refractivity contribution in [3.8, 4) is 0 Å². The molecule has 1 unspecified atom stereocenters. The van der Waals surface area contributed by atoms with Gasteiger partial charge in [-0.2, -0.15) is 0 Å². The number of hydrogen-bond acceptors (Lipinski definition) is 3. The third kappa shape index (κ3) is 1.07. The summed E-state index contributed by atoms with van der Waals surface area (Å²) in [6.45, 7) is 1.56. The average Bonchev–Trinajstić information content (AvgIpc) is 2.76. The number of carbonyl (C=O) groups is 1. The van der Waals surface area contributed by atoms with Gasteiger partial charge in [0.05, 0.1) is 5.71 Å². The third-order valence-electron chi connectivity index (χ3n) is 2.38. The van der Waals surface area contributed by atoms with E-state index in [1.807, 2.05) is 0 Å². The van der Waals surface area contributed by atoms with Crippen molar-refractivity contribution < 1.29 is 14.7 Å². The molecule has 0 aromatic carbocycles. The Bertz CT molecular complexity index is 257. The predicted octanol–water partition coefficient (Wildman–Crippen LogP) is 1.02. The van der Waals surface area contributed by atoms with E-state index in [0.29, 0.717) is 12.3 Å². The van der Waals surface area contributed by atoms with Crippen molar-refractivity contribution in [2.24, 2.45) is 11.1 Å². The van der Waals surface area contributed by atoms with Gasteiger partial charge < -0.3 is 9.94 Å². The second-order valence-electron chi connectivity index (χ2n) is 3.66. The van der Waals surface area contributed by atoms with E-state index in [1.165, 1.54) is 0 Å². The van der Waals surface area contributed by atoms with Crippen LogP contribution in [0.2, 0.25) is 0 Å². The van der Waals surface area contributed by atoms with Crippen molar-refractivity contribution in [3.05, 3.63) is 0 Å². The van der Waals surface area contributed by atoms with Crippen molar-refractivity contribution in [2.75, 3.05) is 0 Å². The topological polar surface area (TPSA) is 58.9 Å². The van der Waals surface area contributed by atoms with E-state index in [4.69, 9.17) is 9.94 Å².